The monoisotopic (exact) mass is 361 g/mol. The number of ether oxygens (including phenoxy) is 1. The van der Waals surface area contributed by atoms with Crippen LogP contribution in [-0.4, -0.2) is 59.9 Å². The zero-order chi connectivity index (χ0) is 17.8. The lowest BCUT2D eigenvalue weighted by Crippen LogP contribution is -2.51. The van der Waals surface area contributed by atoms with Gasteiger partial charge in [0.05, 0.1) is 18.6 Å². The largest absolute Gasteiger partial charge is 0.495 e. The number of hydrogen-bond donors (Lipinski definition) is 1. The SMILES string of the molecule is COc1ccc(CC(=O)N2CCN(C(=O)c3ccc[nH]3)CC2)cc1Cl. The van der Waals surface area contributed by atoms with E-state index in [-0.39, 0.29) is 18.2 Å². The van der Waals surface area contributed by atoms with Crippen molar-refractivity contribution < 1.29 is 14.3 Å². The van der Waals surface area contributed by atoms with Crippen molar-refractivity contribution in [2.24, 2.45) is 0 Å². The Labute approximate surface area is 151 Å². The van der Waals surface area contributed by atoms with Crippen molar-refractivity contribution >= 4 is 23.4 Å². The fourth-order valence-corrected chi connectivity index (χ4v) is 3.18. The van der Waals surface area contributed by atoms with Gasteiger partial charge in [-0.25, -0.2) is 0 Å². The van der Waals surface area contributed by atoms with Crippen LogP contribution in [0.3, 0.4) is 0 Å². The zero-order valence-corrected chi connectivity index (χ0v) is 14.8. The van der Waals surface area contributed by atoms with E-state index in [0.717, 1.165) is 5.56 Å². The number of halogens is 1. The fraction of sp³-hybridized carbons (Fsp3) is 0.333. The molecular formula is C18H20ClN3O3. The molecule has 1 saturated heterocycles. The van der Waals surface area contributed by atoms with Crippen molar-refractivity contribution in [1.29, 1.82) is 0 Å². The number of amides is 2. The Morgan fingerprint density at radius 3 is 2.48 bits per heavy atom. The first-order valence-corrected chi connectivity index (χ1v) is 8.49. The Morgan fingerprint density at radius 1 is 1.16 bits per heavy atom. The Bertz CT molecular complexity index is 753. The minimum Gasteiger partial charge on any atom is -0.495 e. The van der Waals surface area contributed by atoms with Gasteiger partial charge in [0.1, 0.15) is 11.4 Å². The molecule has 0 spiro atoms. The van der Waals surface area contributed by atoms with Gasteiger partial charge in [0.15, 0.2) is 0 Å². The summed E-state index contributed by atoms with van der Waals surface area (Å²) in [6.45, 7) is 2.14. The summed E-state index contributed by atoms with van der Waals surface area (Å²) in [6, 6.07) is 8.91. The van der Waals surface area contributed by atoms with Crippen LogP contribution in [0.4, 0.5) is 0 Å². The molecule has 7 heteroatoms. The second-order valence-electron chi connectivity index (χ2n) is 5.90. The fourth-order valence-electron chi connectivity index (χ4n) is 2.90. The zero-order valence-electron chi connectivity index (χ0n) is 14.0. The van der Waals surface area contributed by atoms with Crippen molar-refractivity contribution in [3.8, 4) is 5.75 Å². The van der Waals surface area contributed by atoms with Crippen LogP contribution >= 0.6 is 11.6 Å². The van der Waals surface area contributed by atoms with E-state index in [4.69, 9.17) is 16.3 Å². The van der Waals surface area contributed by atoms with E-state index in [1.54, 1.807) is 47.4 Å². The Hall–Kier alpha value is -2.47. The molecule has 1 aliphatic heterocycles. The van der Waals surface area contributed by atoms with Gasteiger partial charge in [-0.2, -0.15) is 0 Å². The molecule has 25 heavy (non-hydrogen) atoms. The summed E-state index contributed by atoms with van der Waals surface area (Å²) < 4.78 is 5.12. The van der Waals surface area contributed by atoms with Gasteiger partial charge in [-0.3, -0.25) is 9.59 Å². The quantitative estimate of drug-likeness (QED) is 0.908. The van der Waals surface area contributed by atoms with E-state index in [1.807, 2.05) is 6.07 Å². The number of nitrogens with zero attached hydrogens (tertiary/aromatic N) is 2. The molecular weight excluding hydrogens is 342 g/mol. The number of carbonyl (C=O) groups excluding carboxylic acids is 2. The number of hydrogen-bond acceptors (Lipinski definition) is 3. The average Bonchev–Trinajstić information content (AvgIpc) is 3.16. The molecule has 0 aliphatic carbocycles. The highest BCUT2D eigenvalue weighted by Gasteiger charge is 2.25. The molecule has 2 heterocycles. The van der Waals surface area contributed by atoms with Gasteiger partial charge in [-0.15, -0.1) is 0 Å². The second-order valence-corrected chi connectivity index (χ2v) is 6.31. The summed E-state index contributed by atoms with van der Waals surface area (Å²) in [5.41, 5.74) is 1.42. The third-order valence-electron chi connectivity index (χ3n) is 4.32. The highest BCUT2D eigenvalue weighted by Crippen LogP contribution is 2.25. The van der Waals surface area contributed by atoms with E-state index in [1.165, 1.54) is 0 Å². The minimum atomic E-state index is -0.0287. The number of piperazine rings is 1. The topological polar surface area (TPSA) is 65.6 Å². The van der Waals surface area contributed by atoms with Crippen LogP contribution in [0.1, 0.15) is 16.1 Å². The molecule has 0 unspecified atom stereocenters. The number of carbonyl (C=O) groups is 2. The molecule has 1 aromatic heterocycles. The van der Waals surface area contributed by atoms with Crippen LogP contribution in [0.25, 0.3) is 0 Å². The van der Waals surface area contributed by atoms with Gasteiger partial charge in [0.2, 0.25) is 5.91 Å². The van der Waals surface area contributed by atoms with Crippen molar-refractivity contribution in [2.75, 3.05) is 33.3 Å². The number of nitrogens with one attached hydrogen (secondary N) is 1. The predicted molar refractivity (Wildman–Crippen MR) is 95.0 cm³/mol. The lowest BCUT2D eigenvalue weighted by Gasteiger charge is -2.34. The second kappa shape index (κ2) is 7.61. The lowest BCUT2D eigenvalue weighted by atomic mass is 10.1. The van der Waals surface area contributed by atoms with Gasteiger partial charge < -0.3 is 19.5 Å². The molecule has 0 radical (unpaired) electrons. The number of benzene rings is 1. The van der Waals surface area contributed by atoms with Crippen LogP contribution in [0.2, 0.25) is 5.02 Å². The van der Waals surface area contributed by atoms with Crippen molar-refractivity contribution in [3.05, 3.63) is 52.8 Å². The summed E-state index contributed by atoms with van der Waals surface area (Å²) in [5, 5.41) is 0.495. The summed E-state index contributed by atoms with van der Waals surface area (Å²) >= 11 is 6.10. The Morgan fingerprint density at radius 2 is 1.88 bits per heavy atom. The van der Waals surface area contributed by atoms with Crippen molar-refractivity contribution in [1.82, 2.24) is 14.8 Å². The van der Waals surface area contributed by atoms with Gasteiger partial charge in [-0.05, 0) is 29.8 Å². The number of rotatable bonds is 4. The molecule has 1 fully saturated rings. The molecule has 132 valence electrons. The van der Waals surface area contributed by atoms with Crippen LogP contribution in [-0.2, 0) is 11.2 Å². The first kappa shape index (κ1) is 17.4. The smallest absolute Gasteiger partial charge is 0.270 e. The van der Waals surface area contributed by atoms with Crippen LogP contribution < -0.4 is 4.74 Å². The molecule has 3 rings (SSSR count). The van der Waals surface area contributed by atoms with E-state index in [9.17, 15) is 9.59 Å². The molecule has 0 saturated carbocycles. The van der Waals surface area contributed by atoms with Gasteiger partial charge in [0, 0.05) is 32.4 Å². The molecule has 1 N–H and O–H groups in total. The predicted octanol–water partition coefficient (Wildman–Crippen LogP) is 2.20. The maximum Gasteiger partial charge on any atom is 0.270 e. The molecule has 0 bridgehead atoms. The highest BCUT2D eigenvalue weighted by atomic mass is 35.5. The molecule has 0 atom stereocenters. The highest BCUT2D eigenvalue weighted by molar-refractivity contribution is 6.32. The van der Waals surface area contributed by atoms with Crippen LogP contribution in [0, 0.1) is 0 Å². The van der Waals surface area contributed by atoms with Crippen molar-refractivity contribution in [3.63, 3.8) is 0 Å². The number of methoxy groups -OCH3 is 1. The van der Waals surface area contributed by atoms with Crippen LogP contribution in [0.15, 0.2) is 36.5 Å². The first-order valence-electron chi connectivity index (χ1n) is 8.11. The third kappa shape index (κ3) is 3.96. The number of H-pyrrole nitrogens is 1. The molecule has 2 aromatic rings. The normalized spacial score (nSPS) is 14.5. The summed E-state index contributed by atoms with van der Waals surface area (Å²) in [7, 11) is 1.56. The summed E-state index contributed by atoms with van der Waals surface area (Å²) in [6.07, 6.45) is 2.02. The molecule has 2 amide bonds. The van der Waals surface area contributed by atoms with E-state index in [2.05, 4.69) is 4.98 Å². The standard InChI is InChI=1S/C18H20ClN3O3/c1-25-16-5-4-13(11-14(16)19)12-17(23)21-7-9-22(10-8-21)18(24)15-3-2-6-20-15/h2-6,11,20H,7-10,12H2,1H3. The number of aromatic nitrogens is 1. The average molecular weight is 362 g/mol. The maximum atomic E-state index is 12.5. The van der Waals surface area contributed by atoms with E-state index >= 15 is 0 Å². The first-order chi connectivity index (χ1) is 12.1. The van der Waals surface area contributed by atoms with Gasteiger partial charge >= 0.3 is 0 Å². The third-order valence-corrected chi connectivity index (χ3v) is 4.61. The molecule has 6 nitrogen and oxygen atoms in total. The summed E-state index contributed by atoms with van der Waals surface area (Å²) in [4.78, 5) is 31.2. The Balaban J connectivity index is 1.55. The number of aromatic amines is 1. The lowest BCUT2D eigenvalue weighted by molar-refractivity contribution is -0.131. The van der Waals surface area contributed by atoms with E-state index in [0.29, 0.717) is 42.6 Å². The van der Waals surface area contributed by atoms with Gasteiger partial charge in [-0.1, -0.05) is 17.7 Å². The summed E-state index contributed by atoms with van der Waals surface area (Å²) in [5.74, 6) is 0.599. The van der Waals surface area contributed by atoms with E-state index < -0.39 is 0 Å². The minimum absolute atomic E-state index is 0.0287. The Kier molecular flexibility index (Phi) is 5.28. The molecule has 1 aromatic carbocycles. The molecule has 1 aliphatic rings. The van der Waals surface area contributed by atoms with Gasteiger partial charge in [0.25, 0.3) is 5.91 Å². The maximum absolute atomic E-state index is 12.5. The van der Waals surface area contributed by atoms with Crippen LogP contribution in [0.5, 0.6) is 5.75 Å². The van der Waals surface area contributed by atoms with Crippen molar-refractivity contribution in [2.45, 2.75) is 6.42 Å².